The molecular formula is C13H20BrNOS. The monoisotopic (exact) mass is 317 g/mol. The number of carbonyl (C=O) groups excluding carboxylic acids is 1. The summed E-state index contributed by atoms with van der Waals surface area (Å²) in [7, 11) is 0. The van der Waals surface area contributed by atoms with Crippen LogP contribution in [0.25, 0.3) is 0 Å². The Kier molecular flexibility index (Phi) is 7.00. The molecular weight excluding hydrogens is 298 g/mol. The predicted molar refractivity (Wildman–Crippen MR) is 77.7 cm³/mol. The van der Waals surface area contributed by atoms with E-state index in [0.717, 1.165) is 28.7 Å². The maximum atomic E-state index is 12.0. The van der Waals surface area contributed by atoms with Crippen molar-refractivity contribution in [1.82, 2.24) is 0 Å². The van der Waals surface area contributed by atoms with Gasteiger partial charge < -0.3 is 5.73 Å². The van der Waals surface area contributed by atoms with Crippen molar-refractivity contribution >= 4 is 33.0 Å². The van der Waals surface area contributed by atoms with Gasteiger partial charge in [0.15, 0.2) is 5.78 Å². The zero-order valence-corrected chi connectivity index (χ0v) is 12.6. The normalized spacial score (nSPS) is 12.6. The molecule has 96 valence electrons. The Morgan fingerprint density at radius 3 is 2.76 bits per heavy atom. The van der Waals surface area contributed by atoms with Gasteiger partial charge >= 0.3 is 0 Å². The SMILES string of the molecule is CCCC(CCN)CCC(=O)c1sccc1Br. The predicted octanol–water partition coefficient (Wildman–Crippen LogP) is 4.24. The Balaban J connectivity index is 2.43. The average molecular weight is 318 g/mol. The second kappa shape index (κ2) is 8.01. The lowest BCUT2D eigenvalue weighted by Gasteiger charge is -2.14. The molecule has 1 aromatic heterocycles. The van der Waals surface area contributed by atoms with Crippen LogP contribution < -0.4 is 5.73 Å². The molecule has 17 heavy (non-hydrogen) atoms. The number of nitrogens with two attached hydrogens (primary N) is 1. The summed E-state index contributed by atoms with van der Waals surface area (Å²) >= 11 is 4.92. The van der Waals surface area contributed by atoms with E-state index in [1.54, 1.807) is 0 Å². The van der Waals surface area contributed by atoms with Crippen molar-refractivity contribution in [2.24, 2.45) is 11.7 Å². The van der Waals surface area contributed by atoms with Crippen LogP contribution in [0, 0.1) is 5.92 Å². The Morgan fingerprint density at radius 1 is 1.47 bits per heavy atom. The van der Waals surface area contributed by atoms with Crippen molar-refractivity contribution in [3.8, 4) is 0 Å². The number of hydrogen-bond donors (Lipinski definition) is 1. The first kappa shape index (κ1) is 14.9. The van der Waals surface area contributed by atoms with Crippen LogP contribution in [0.1, 0.15) is 48.7 Å². The molecule has 2 nitrogen and oxygen atoms in total. The summed E-state index contributed by atoms with van der Waals surface area (Å²) in [5.74, 6) is 0.859. The number of ketones is 1. The standard InChI is InChI=1S/C13H20BrNOS/c1-2-3-10(6-8-15)4-5-12(16)13-11(14)7-9-17-13/h7,9-10H,2-6,8,15H2,1H3. The van der Waals surface area contributed by atoms with E-state index in [4.69, 9.17) is 5.73 Å². The van der Waals surface area contributed by atoms with Crippen LogP contribution in [-0.2, 0) is 0 Å². The second-order valence-corrected chi connectivity index (χ2v) is 6.06. The first-order valence-electron chi connectivity index (χ1n) is 6.15. The lowest BCUT2D eigenvalue weighted by molar-refractivity contribution is 0.0975. The van der Waals surface area contributed by atoms with Gasteiger partial charge in [-0.15, -0.1) is 11.3 Å². The van der Waals surface area contributed by atoms with E-state index in [0.29, 0.717) is 12.3 Å². The highest BCUT2D eigenvalue weighted by atomic mass is 79.9. The van der Waals surface area contributed by atoms with Crippen molar-refractivity contribution < 1.29 is 4.79 Å². The summed E-state index contributed by atoms with van der Waals surface area (Å²) in [6, 6.07) is 1.93. The van der Waals surface area contributed by atoms with Gasteiger partial charge in [0.2, 0.25) is 0 Å². The maximum absolute atomic E-state index is 12.0. The van der Waals surface area contributed by atoms with E-state index >= 15 is 0 Å². The number of carbonyl (C=O) groups is 1. The van der Waals surface area contributed by atoms with Crippen LogP contribution in [0.15, 0.2) is 15.9 Å². The summed E-state index contributed by atoms with van der Waals surface area (Å²) in [6.45, 7) is 2.91. The molecule has 0 aliphatic heterocycles. The first-order chi connectivity index (χ1) is 8.19. The zero-order chi connectivity index (χ0) is 12.7. The molecule has 1 aromatic rings. The van der Waals surface area contributed by atoms with Crippen LogP contribution in [-0.4, -0.2) is 12.3 Å². The molecule has 0 aliphatic carbocycles. The molecule has 0 saturated carbocycles. The van der Waals surface area contributed by atoms with Crippen LogP contribution in [0.2, 0.25) is 0 Å². The smallest absolute Gasteiger partial charge is 0.173 e. The number of rotatable bonds is 8. The van der Waals surface area contributed by atoms with Gasteiger partial charge in [-0.25, -0.2) is 0 Å². The van der Waals surface area contributed by atoms with E-state index in [-0.39, 0.29) is 5.78 Å². The minimum atomic E-state index is 0.255. The fourth-order valence-corrected chi connectivity index (χ4v) is 3.58. The molecule has 0 amide bonds. The zero-order valence-electron chi connectivity index (χ0n) is 10.2. The molecule has 0 saturated heterocycles. The maximum Gasteiger partial charge on any atom is 0.173 e. The van der Waals surface area contributed by atoms with E-state index in [2.05, 4.69) is 22.9 Å². The van der Waals surface area contributed by atoms with Crippen molar-refractivity contribution in [1.29, 1.82) is 0 Å². The first-order valence-corrected chi connectivity index (χ1v) is 7.82. The summed E-state index contributed by atoms with van der Waals surface area (Å²) in [6.07, 6.45) is 4.99. The van der Waals surface area contributed by atoms with Gasteiger partial charge in [-0.1, -0.05) is 19.8 Å². The highest BCUT2D eigenvalue weighted by molar-refractivity contribution is 9.10. The lowest BCUT2D eigenvalue weighted by Crippen LogP contribution is -2.10. The highest BCUT2D eigenvalue weighted by Gasteiger charge is 2.14. The number of thiophene rings is 1. The van der Waals surface area contributed by atoms with E-state index in [1.807, 2.05) is 11.4 Å². The van der Waals surface area contributed by atoms with E-state index in [9.17, 15) is 4.79 Å². The molecule has 0 radical (unpaired) electrons. The summed E-state index contributed by atoms with van der Waals surface area (Å²) in [4.78, 5) is 12.8. The van der Waals surface area contributed by atoms with Crippen LogP contribution >= 0.6 is 27.3 Å². The van der Waals surface area contributed by atoms with E-state index < -0.39 is 0 Å². The van der Waals surface area contributed by atoms with Gasteiger partial charge in [0.25, 0.3) is 0 Å². The number of halogens is 1. The molecule has 0 spiro atoms. The molecule has 0 fully saturated rings. The molecule has 4 heteroatoms. The minimum absolute atomic E-state index is 0.255. The van der Waals surface area contributed by atoms with Crippen molar-refractivity contribution in [2.45, 2.75) is 39.0 Å². The van der Waals surface area contributed by atoms with Gasteiger partial charge in [0.05, 0.1) is 4.88 Å². The third kappa shape index (κ3) is 4.90. The number of Topliss-reactive ketones (excluding diaryl/α,β-unsaturated/α-hetero) is 1. The Hall–Kier alpha value is -0.190. The fourth-order valence-electron chi connectivity index (χ4n) is 2.02. The molecule has 0 aromatic carbocycles. The van der Waals surface area contributed by atoms with Crippen molar-refractivity contribution in [3.63, 3.8) is 0 Å². The molecule has 1 atom stereocenters. The molecule has 2 N–H and O–H groups in total. The van der Waals surface area contributed by atoms with Gasteiger partial charge in [0, 0.05) is 10.9 Å². The van der Waals surface area contributed by atoms with Crippen LogP contribution in [0.4, 0.5) is 0 Å². The Labute approximate surface area is 116 Å². The Morgan fingerprint density at radius 2 is 2.24 bits per heavy atom. The molecule has 1 unspecified atom stereocenters. The summed E-state index contributed by atoms with van der Waals surface area (Å²) < 4.78 is 0.929. The van der Waals surface area contributed by atoms with Crippen molar-refractivity contribution in [3.05, 3.63) is 20.8 Å². The Bertz CT molecular complexity index is 345. The van der Waals surface area contributed by atoms with Crippen LogP contribution in [0.3, 0.4) is 0 Å². The van der Waals surface area contributed by atoms with Crippen molar-refractivity contribution in [2.75, 3.05) is 6.54 Å². The largest absolute Gasteiger partial charge is 0.330 e. The molecule has 1 heterocycles. The summed E-state index contributed by atoms with van der Waals surface area (Å²) in [5.41, 5.74) is 5.59. The van der Waals surface area contributed by atoms with Gasteiger partial charge in [0.1, 0.15) is 0 Å². The van der Waals surface area contributed by atoms with E-state index in [1.165, 1.54) is 24.2 Å². The quantitative estimate of drug-likeness (QED) is 0.729. The van der Waals surface area contributed by atoms with Gasteiger partial charge in [-0.05, 0) is 52.7 Å². The molecule has 0 aliphatic rings. The third-order valence-electron chi connectivity index (χ3n) is 2.92. The molecule has 1 rings (SSSR count). The third-order valence-corrected chi connectivity index (χ3v) is 4.80. The second-order valence-electron chi connectivity index (χ2n) is 4.29. The van der Waals surface area contributed by atoms with Gasteiger partial charge in [-0.3, -0.25) is 4.79 Å². The summed E-state index contributed by atoms with van der Waals surface area (Å²) in [5, 5.41) is 1.95. The van der Waals surface area contributed by atoms with Crippen LogP contribution in [0.5, 0.6) is 0 Å². The highest BCUT2D eigenvalue weighted by Crippen LogP contribution is 2.26. The fraction of sp³-hybridized carbons (Fsp3) is 0.615. The lowest BCUT2D eigenvalue weighted by atomic mass is 9.93. The topological polar surface area (TPSA) is 43.1 Å². The minimum Gasteiger partial charge on any atom is -0.330 e. The number of hydrogen-bond acceptors (Lipinski definition) is 3. The van der Waals surface area contributed by atoms with Gasteiger partial charge in [-0.2, -0.15) is 0 Å². The average Bonchev–Trinajstić information content (AvgIpc) is 2.72. The molecule has 0 bridgehead atoms.